The minimum absolute atomic E-state index is 0.0895. The average Bonchev–Trinajstić information content (AvgIpc) is 2.88. The molecule has 0 spiro atoms. The summed E-state index contributed by atoms with van der Waals surface area (Å²) >= 11 is 0. The fourth-order valence-electron chi connectivity index (χ4n) is 1.67. The van der Waals surface area contributed by atoms with Crippen LogP contribution in [0, 0.1) is 12.7 Å². The molecule has 0 aliphatic carbocycles. The SMILES string of the molecule is Cc1cc(C2OC2NC(C)C)ccc1F. The zero-order chi connectivity index (χ0) is 11.0. The van der Waals surface area contributed by atoms with Crippen molar-refractivity contribution in [2.24, 2.45) is 0 Å². The van der Waals surface area contributed by atoms with E-state index in [2.05, 4.69) is 19.2 Å². The van der Waals surface area contributed by atoms with Gasteiger partial charge in [0.1, 0.15) is 18.1 Å². The summed E-state index contributed by atoms with van der Waals surface area (Å²) in [5.41, 5.74) is 1.72. The molecule has 1 aliphatic rings. The first kappa shape index (κ1) is 10.6. The number of epoxide rings is 1. The minimum atomic E-state index is -0.159. The van der Waals surface area contributed by atoms with Gasteiger partial charge < -0.3 is 4.74 Å². The van der Waals surface area contributed by atoms with E-state index in [1.165, 1.54) is 6.07 Å². The van der Waals surface area contributed by atoms with Crippen LogP contribution in [0.3, 0.4) is 0 Å². The Morgan fingerprint density at radius 3 is 2.73 bits per heavy atom. The number of nitrogens with one attached hydrogen (secondary N) is 1. The summed E-state index contributed by atoms with van der Waals surface area (Å²) < 4.78 is 18.5. The van der Waals surface area contributed by atoms with Crippen molar-refractivity contribution in [3.63, 3.8) is 0 Å². The second-order valence-corrected chi connectivity index (χ2v) is 4.31. The van der Waals surface area contributed by atoms with Crippen LogP contribution < -0.4 is 5.32 Å². The van der Waals surface area contributed by atoms with Gasteiger partial charge in [-0.1, -0.05) is 12.1 Å². The summed E-state index contributed by atoms with van der Waals surface area (Å²) in [7, 11) is 0. The zero-order valence-corrected chi connectivity index (χ0v) is 9.25. The van der Waals surface area contributed by atoms with Crippen molar-refractivity contribution in [2.45, 2.75) is 39.1 Å². The summed E-state index contributed by atoms with van der Waals surface area (Å²) in [6.07, 6.45) is 0.182. The van der Waals surface area contributed by atoms with Gasteiger partial charge in [0.05, 0.1) is 0 Å². The van der Waals surface area contributed by atoms with E-state index in [1.54, 1.807) is 13.0 Å². The lowest BCUT2D eigenvalue weighted by molar-refractivity contribution is 0.335. The number of benzene rings is 1. The second-order valence-electron chi connectivity index (χ2n) is 4.31. The van der Waals surface area contributed by atoms with Crippen molar-refractivity contribution in [3.8, 4) is 0 Å². The van der Waals surface area contributed by atoms with Gasteiger partial charge >= 0.3 is 0 Å². The standard InChI is InChI=1S/C12H16FNO/c1-7(2)14-12-11(15-12)9-4-5-10(13)8(3)6-9/h4-7,11-12,14H,1-3H3. The molecule has 2 nitrogen and oxygen atoms in total. The van der Waals surface area contributed by atoms with Gasteiger partial charge in [-0.3, -0.25) is 5.32 Å². The quantitative estimate of drug-likeness (QED) is 0.774. The number of ether oxygens (including phenoxy) is 1. The van der Waals surface area contributed by atoms with Crippen molar-refractivity contribution in [3.05, 3.63) is 35.1 Å². The third kappa shape index (κ3) is 2.36. The molecule has 0 bridgehead atoms. The van der Waals surface area contributed by atoms with Gasteiger partial charge in [-0.2, -0.15) is 0 Å². The molecule has 0 amide bonds. The molecular formula is C12H16FNO. The normalized spacial score (nSPS) is 24.6. The Morgan fingerprint density at radius 2 is 2.13 bits per heavy atom. The van der Waals surface area contributed by atoms with Crippen LogP contribution in [0.15, 0.2) is 18.2 Å². The minimum Gasteiger partial charge on any atom is -0.348 e. The Hall–Kier alpha value is -0.930. The largest absolute Gasteiger partial charge is 0.348 e. The molecule has 1 saturated heterocycles. The molecule has 1 fully saturated rings. The van der Waals surface area contributed by atoms with Gasteiger partial charge in [0.15, 0.2) is 0 Å². The molecule has 2 unspecified atom stereocenters. The highest BCUT2D eigenvalue weighted by Gasteiger charge is 2.40. The predicted octanol–water partition coefficient (Wildman–Crippen LogP) is 2.53. The second kappa shape index (κ2) is 3.91. The summed E-state index contributed by atoms with van der Waals surface area (Å²) in [6.45, 7) is 5.93. The molecular weight excluding hydrogens is 193 g/mol. The molecule has 2 atom stereocenters. The van der Waals surface area contributed by atoms with E-state index in [0.29, 0.717) is 11.6 Å². The van der Waals surface area contributed by atoms with Crippen molar-refractivity contribution in [1.29, 1.82) is 0 Å². The van der Waals surface area contributed by atoms with E-state index < -0.39 is 0 Å². The van der Waals surface area contributed by atoms with E-state index >= 15 is 0 Å². The monoisotopic (exact) mass is 209 g/mol. The van der Waals surface area contributed by atoms with Crippen LogP contribution in [0.5, 0.6) is 0 Å². The molecule has 1 heterocycles. The van der Waals surface area contributed by atoms with Crippen molar-refractivity contribution in [1.82, 2.24) is 5.32 Å². The van der Waals surface area contributed by atoms with Gasteiger partial charge in [0, 0.05) is 6.04 Å². The van der Waals surface area contributed by atoms with Gasteiger partial charge in [-0.15, -0.1) is 0 Å². The van der Waals surface area contributed by atoms with Gasteiger partial charge in [-0.05, 0) is 38.0 Å². The lowest BCUT2D eigenvalue weighted by Crippen LogP contribution is -2.26. The molecule has 0 saturated carbocycles. The molecule has 15 heavy (non-hydrogen) atoms. The van der Waals surface area contributed by atoms with Crippen LogP contribution in [-0.2, 0) is 4.74 Å². The summed E-state index contributed by atoms with van der Waals surface area (Å²) in [6, 6.07) is 5.54. The molecule has 1 aromatic carbocycles. The van der Waals surface area contributed by atoms with Crippen LogP contribution in [-0.4, -0.2) is 12.3 Å². The first-order valence-electron chi connectivity index (χ1n) is 5.25. The lowest BCUT2D eigenvalue weighted by Gasteiger charge is -2.04. The molecule has 0 radical (unpaired) electrons. The predicted molar refractivity (Wildman–Crippen MR) is 57.0 cm³/mol. The fraction of sp³-hybridized carbons (Fsp3) is 0.500. The van der Waals surface area contributed by atoms with Crippen LogP contribution in [0.2, 0.25) is 0 Å². The molecule has 1 N–H and O–H groups in total. The summed E-state index contributed by atoms with van der Waals surface area (Å²) in [5.74, 6) is -0.159. The van der Waals surface area contributed by atoms with Crippen molar-refractivity contribution < 1.29 is 9.13 Å². The first-order valence-corrected chi connectivity index (χ1v) is 5.25. The van der Waals surface area contributed by atoms with E-state index in [-0.39, 0.29) is 18.1 Å². The smallest absolute Gasteiger partial charge is 0.140 e. The number of hydrogen-bond donors (Lipinski definition) is 1. The Bertz CT molecular complexity index is 365. The average molecular weight is 209 g/mol. The third-order valence-electron chi connectivity index (χ3n) is 2.50. The van der Waals surface area contributed by atoms with E-state index in [9.17, 15) is 4.39 Å². The van der Waals surface area contributed by atoms with E-state index in [4.69, 9.17) is 4.74 Å². The van der Waals surface area contributed by atoms with Crippen LogP contribution in [0.25, 0.3) is 0 Å². The van der Waals surface area contributed by atoms with Crippen LogP contribution >= 0.6 is 0 Å². The number of hydrogen-bond acceptors (Lipinski definition) is 2. The van der Waals surface area contributed by atoms with Crippen LogP contribution in [0.1, 0.15) is 31.1 Å². The molecule has 3 heteroatoms. The number of halogens is 1. The van der Waals surface area contributed by atoms with Crippen molar-refractivity contribution >= 4 is 0 Å². The van der Waals surface area contributed by atoms with Gasteiger partial charge in [0.2, 0.25) is 0 Å². The highest BCUT2D eigenvalue weighted by molar-refractivity contribution is 5.28. The Balaban J connectivity index is 2.04. The molecule has 1 aliphatic heterocycles. The number of aryl methyl sites for hydroxylation is 1. The Morgan fingerprint density at radius 1 is 1.40 bits per heavy atom. The maximum Gasteiger partial charge on any atom is 0.140 e. The third-order valence-corrected chi connectivity index (χ3v) is 2.50. The lowest BCUT2D eigenvalue weighted by atomic mass is 10.1. The molecule has 82 valence electrons. The number of rotatable bonds is 3. The van der Waals surface area contributed by atoms with Gasteiger partial charge in [0.25, 0.3) is 0 Å². The summed E-state index contributed by atoms with van der Waals surface area (Å²) in [4.78, 5) is 0. The topological polar surface area (TPSA) is 24.6 Å². The fourth-order valence-corrected chi connectivity index (χ4v) is 1.67. The molecule has 2 rings (SSSR count). The van der Waals surface area contributed by atoms with E-state index in [1.807, 2.05) is 6.07 Å². The first-order chi connectivity index (χ1) is 7.08. The Labute approximate surface area is 89.4 Å². The zero-order valence-electron chi connectivity index (χ0n) is 9.25. The van der Waals surface area contributed by atoms with E-state index in [0.717, 1.165) is 5.56 Å². The highest BCUT2D eigenvalue weighted by atomic mass is 19.1. The van der Waals surface area contributed by atoms with Gasteiger partial charge in [-0.25, -0.2) is 4.39 Å². The maximum absolute atomic E-state index is 13.0. The Kier molecular flexibility index (Phi) is 2.76. The maximum atomic E-state index is 13.0. The molecule has 1 aromatic rings. The molecule has 0 aromatic heterocycles. The van der Waals surface area contributed by atoms with Crippen molar-refractivity contribution in [2.75, 3.05) is 0 Å². The van der Waals surface area contributed by atoms with Crippen LogP contribution in [0.4, 0.5) is 4.39 Å². The highest BCUT2D eigenvalue weighted by Crippen LogP contribution is 2.37. The summed E-state index contributed by atoms with van der Waals surface area (Å²) in [5, 5.41) is 3.28.